The van der Waals surface area contributed by atoms with E-state index in [2.05, 4.69) is 31.0 Å². The second kappa shape index (κ2) is 7.97. The van der Waals surface area contributed by atoms with Gasteiger partial charge in [0.15, 0.2) is 0 Å². The molecule has 0 amide bonds. The lowest BCUT2D eigenvalue weighted by atomic mass is 10.1. The van der Waals surface area contributed by atoms with Crippen molar-refractivity contribution in [3.63, 3.8) is 0 Å². The van der Waals surface area contributed by atoms with E-state index in [-0.39, 0.29) is 22.7 Å². The highest BCUT2D eigenvalue weighted by Crippen LogP contribution is 2.24. The maximum Gasteiger partial charge on any atom is 0.274 e. The second-order valence-electron chi connectivity index (χ2n) is 5.09. The standard InChI is InChI=1S/C15H25N3O2/c1-5-17(6-2)11-12(3)16-13(4)14-9-7-8-10-15(14)18(19)20/h7-10,12-13,16H,5-6,11H2,1-4H3. The average molecular weight is 279 g/mol. The van der Waals surface area contributed by atoms with E-state index in [1.54, 1.807) is 12.1 Å². The molecule has 0 saturated heterocycles. The fourth-order valence-electron chi connectivity index (χ4n) is 2.46. The molecule has 0 fully saturated rings. The summed E-state index contributed by atoms with van der Waals surface area (Å²) in [5.41, 5.74) is 0.923. The van der Waals surface area contributed by atoms with Crippen molar-refractivity contribution in [2.24, 2.45) is 0 Å². The van der Waals surface area contributed by atoms with E-state index in [0.717, 1.165) is 25.2 Å². The van der Waals surface area contributed by atoms with Crippen LogP contribution in [0.1, 0.15) is 39.3 Å². The Morgan fingerprint density at radius 1 is 1.25 bits per heavy atom. The number of nitro groups is 1. The van der Waals surface area contributed by atoms with Crippen LogP contribution in [0.4, 0.5) is 5.69 Å². The number of hydrogen-bond acceptors (Lipinski definition) is 4. The molecule has 112 valence electrons. The summed E-state index contributed by atoms with van der Waals surface area (Å²) >= 11 is 0. The minimum Gasteiger partial charge on any atom is -0.306 e. The fourth-order valence-corrected chi connectivity index (χ4v) is 2.46. The van der Waals surface area contributed by atoms with E-state index >= 15 is 0 Å². The summed E-state index contributed by atoms with van der Waals surface area (Å²) in [6.07, 6.45) is 0. The van der Waals surface area contributed by atoms with Crippen molar-refractivity contribution in [3.05, 3.63) is 39.9 Å². The van der Waals surface area contributed by atoms with Gasteiger partial charge in [-0.3, -0.25) is 10.1 Å². The maximum atomic E-state index is 11.1. The van der Waals surface area contributed by atoms with Crippen molar-refractivity contribution < 1.29 is 4.92 Å². The summed E-state index contributed by atoms with van der Waals surface area (Å²) in [4.78, 5) is 13.1. The molecule has 0 heterocycles. The minimum absolute atomic E-state index is 0.0397. The third kappa shape index (κ3) is 4.58. The first kappa shape index (κ1) is 16.6. The van der Waals surface area contributed by atoms with E-state index in [0.29, 0.717) is 0 Å². The molecule has 1 N–H and O–H groups in total. The summed E-state index contributed by atoms with van der Waals surface area (Å²) in [5, 5.41) is 14.5. The highest BCUT2D eigenvalue weighted by atomic mass is 16.6. The molecule has 0 radical (unpaired) electrons. The Balaban J connectivity index is 2.71. The molecular formula is C15H25N3O2. The highest BCUT2D eigenvalue weighted by Gasteiger charge is 2.19. The van der Waals surface area contributed by atoms with E-state index in [4.69, 9.17) is 0 Å². The lowest BCUT2D eigenvalue weighted by molar-refractivity contribution is -0.385. The molecule has 2 atom stereocenters. The first-order valence-electron chi connectivity index (χ1n) is 7.21. The number of rotatable bonds is 8. The van der Waals surface area contributed by atoms with E-state index < -0.39 is 0 Å². The van der Waals surface area contributed by atoms with Crippen molar-refractivity contribution in [2.75, 3.05) is 19.6 Å². The van der Waals surface area contributed by atoms with Gasteiger partial charge >= 0.3 is 0 Å². The first-order chi connectivity index (χ1) is 9.49. The predicted octanol–water partition coefficient (Wildman–Crippen LogP) is 2.98. The zero-order valence-corrected chi connectivity index (χ0v) is 12.8. The van der Waals surface area contributed by atoms with Crippen molar-refractivity contribution in [1.29, 1.82) is 0 Å². The largest absolute Gasteiger partial charge is 0.306 e. The number of nitro benzene ring substituents is 1. The molecule has 20 heavy (non-hydrogen) atoms. The van der Waals surface area contributed by atoms with Gasteiger partial charge in [0.1, 0.15) is 0 Å². The van der Waals surface area contributed by atoms with Crippen LogP contribution in [0.2, 0.25) is 0 Å². The Bertz CT molecular complexity index is 433. The number of nitrogens with zero attached hydrogens (tertiary/aromatic N) is 2. The molecule has 5 nitrogen and oxygen atoms in total. The van der Waals surface area contributed by atoms with Gasteiger partial charge in [-0.2, -0.15) is 0 Å². The lowest BCUT2D eigenvalue weighted by Gasteiger charge is -2.26. The van der Waals surface area contributed by atoms with E-state index in [1.807, 2.05) is 19.1 Å². The van der Waals surface area contributed by atoms with Crippen LogP contribution in [0.25, 0.3) is 0 Å². The van der Waals surface area contributed by atoms with Crippen molar-refractivity contribution in [2.45, 2.75) is 39.8 Å². The smallest absolute Gasteiger partial charge is 0.274 e. The monoisotopic (exact) mass is 279 g/mol. The minimum atomic E-state index is -0.317. The molecule has 0 aliphatic rings. The van der Waals surface area contributed by atoms with Gasteiger partial charge in [-0.05, 0) is 26.9 Å². The lowest BCUT2D eigenvalue weighted by Crippen LogP contribution is -2.40. The van der Waals surface area contributed by atoms with Gasteiger partial charge in [-0.1, -0.05) is 32.0 Å². The molecule has 1 aromatic carbocycles. The fraction of sp³-hybridized carbons (Fsp3) is 0.600. The number of para-hydroxylation sites is 1. The number of nitrogens with one attached hydrogen (secondary N) is 1. The molecular weight excluding hydrogens is 254 g/mol. The van der Waals surface area contributed by atoms with Crippen molar-refractivity contribution in [3.8, 4) is 0 Å². The van der Waals surface area contributed by atoms with Crippen LogP contribution in [-0.4, -0.2) is 35.5 Å². The zero-order chi connectivity index (χ0) is 15.1. The summed E-state index contributed by atoms with van der Waals surface area (Å²) in [6.45, 7) is 11.3. The highest BCUT2D eigenvalue weighted by molar-refractivity contribution is 5.41. The Morgan fingerprint density at radius 3 is 2.40 bits per heavy atom. The van der Waals surface area contributed by atoms with Crippen LogP contribution in [0, 0.1) is 10.1 Å². The average Bonchev–Trinajstić information content (AvgIpc) is 2.44. The van der Waals surface area contributed by atoms with Gasteiger partial charge in [0.25, 0.3) is 5.69 Å². The van der Waals surface area contributed by atoms with Crippen LogP contribution < -0.4 is 5.32 Å². The van der Waals surface area contributed by atoms with Crippen LogP contribution in [0.15, 0.2) is 24.3 Å². The zero-order valence-electron chi connectivity index (χ0n) is 12.8. The molecule has 0 saturated carbocycles. The van der Waals surface area contributed by atoms with Gasteiger partial charge in [-0.25, -0.2) is 0 Å². The Morgan fingerprint density at radius 2 is 1.85 bits per heavy atom. The third-order valence-electron chi connectivity index (χ3n) is 3.56. The molecule has 0 aromatic heterocycles. The number of likely N-dealkylation sites (N-methyl/N-ethyl adjacent to an activating group) is 1. The molecule has 0 aliphatic carbocycles. The molecule has 5 heteroatoms. The van der Waals surface area contributed by atoms with Gasteiger partial charge in [0.2, 0.25) is 0 Å². The summed E-state index contributed by atoms with van der Waals surface area (Å²) in [5.74, 6) is 0. The Kier molecular flexibility index (Phi) is 6.61. The Hall–Kier alpha value is -1.46. The van der Waals surface area contributed by atoms with Crippen molar-refractivity contribution in [1.82, 2.24) is 10.2 Å². The van der Waals surface area contributed by atoms with E-state index in [1.165, 1.54) is 0 Å². The van der Waals surface area contributed by atoms with Crippen molar-refractivity contribution >= 4 is 5.69 Å². The molecule has 2 unspecified atom stereocenters. The first-order valence-corrected chi connectivity index (χ1v) is 7.21. The SMILES string of the molecule is CCN(CC)CC(C)NC(C)c1ccccc1[N+](=O)[O-]. The van der Waals surface area contributed by atoms with Crippen LogP contribution >= 0.6 is 0 Å². The maximum absolute atomic E-state index is 11.1. The number of hydrogen-bond donors (Lipinski definition) is 1. The van der Waals surface area contributed by atoms with E-state index in [9.17, 15) is 10.1 Å². The summed E-state index contributed by atoms with van der Waals surface area (Å²) < 4.78 is 0. The van der Waals surface area contributed by atoms with Crippen LogP contribution in [-0.2, 0) is 0 Å². The van der Waals surface area contributed by atoms with Gasteiger partial charge in [0.05, 0.1) is 4.92 Å². The number of benzene rings is 1. The molecule has 0 spiro atoms. The second-order valence-corrected chi connectivity index (χ2v) is 5.09. The summed E-state index contributed by atoms with van der Waals surface area (Å²) in [7, 11) is 0. The van der Waals surface area contributed by atoms with Crippen LogP contribution in [0.3, 0.4) is 0 Å². The molecule has 0 aliphatic heterocycles. The normalized spacial score (nSPS) is 14.2. The molecule has 1 rings (SSSR count). The van der Waals surface area contributed by atoms with Gasteiger partial charge in [-0.15, -0.1) is 0 Å². The summed E-state index contributed by atoms with van der Waals surface area (Å²) in [6, 6.07) is 7.16. The van der Waals surface area contributed by atoms with Gasteiger partial charge < -0.3 is 10.2 Å². The molecule has 1 aromatic rings. The predicted molar refractivity (Wildman–Crippen MR) is 81.9 cm³/mol. The quantitative estimate of drug-likeness (QED) is 0.587. The Labute approximate surface area is 121 Å². The van der Waals surface area contributed by atoms with Gasteiger partial charge in [0, 0.05) is 30.3 Å². The van der Waals surface area contributed by atoms with Crippen LogP contribution in [0.5, 0.6) is 0 Å². The topological polar surface area (TPSA) is 58.4 Å². The third-order valence-corrected chi connectivity index (χ3v) is 3.56. The molecule has 0 bridgehead atoms.